The highest BCUT2D eigenvalue weighted by Crippen LogP contribution is 2.12. The van der Waals surface area contributed by atoms with Gasteiger partial charge < -0.3 is 10.1 Å². The average Bonchev–Trinajstić information content (AvgIpc) is 2.58. The number of rotatable bonds is 2. The number of hydrogen-bond acceptors (Lipinski definition) is 5. The Labute approximate surface area is 105 Å². The SMILES string of the molecule is CCNC(=O)n1nc(C)c(C(=O)OC(C)(C)C)n1. The molecule has 1 aromatic heterocycles. The highest BCUT2D eigenvalue weighted by atomic mass is 16.6. The maximum Gasteiger partial charge on any atom is 0.361 e. The number of carbonyl (C=O) groups excluding carboxylic acids is 2. The van der Waals surface area contributed by atoms with E-state index in [9.17, 15) is 9.59 Å². The van der Waals surface area contributed by atoms with Gasteiger partial charge in [0.25, 0.3) is 0 Å². The van der Waals surface area contributed by atoms with Gasteiger partial charge in [-0.2, -0.15) is 0 Å². The van der Waals surface area contributed by atoms with Crippen LogP contribution < -0.4 is 5.32 Å². The zero-order valence-electron chi connectivity index (χ0n) is 11.3. The maximum atomic E-state index is 11.8. The Hall–Kier alpha value is -1.92. The van der Waals surface area contributed by atoms with Crippen molar-refractivity contribution in [1.29, 1.82) is 0 Å². The smallest absolute Gasteiger partial charge is 0.361 e. The first-order valence-corrected chi connectivity index (χ1v) is 5.70. The van der Waals surface area contributed by atoms with Crippen LogP contribution in [0.1, 0.15) is 43.9 Å². The monoisotopic (exact) mass is 254 g/mol. The largest absolute Gasteiger partial charge is 0.455 e. The Kier molecular flexibility index (Phi) is 4.05. The van der Waals surface area contributed by atoms with Crippen molar-refractivity contribution in [3.05, 3.63) is 11.4 Å². The highest BCUT2D eigenvalue weighted by Gasteiger charge is 2.24. The third-order valence-electron chi connectivity index (χ3n) is 1.88. The molecule has 18 heavy (non-hydrogen) atoms. The standard InChI is InChI=1S/C11H18N4O3/c1-6-12-10(17)15-13-7(2)8(14-15)9(16)18-11(3,4)5/h6H2,1-5H3,(H,12,17). The molecule has 0 saturated heterocycles. The molecule has 0 saturated carbocycles. The summed E-state index contributed by atoms with van der Waals surface area (Å²) in [5.41, 5.74) is -0.203. The molecular formula is C11H18N4O3. The molecule has 0 radical (unpaired) electrons. The predicted molar refractivity (Wildman–Crippen MR) is 64.4 cm³/mol. The normalized spacial score (nSPS) is 11.2. The molecule has 0 atom stereocenters. The fraction of sp³-hybridized carbons (Fsp3) is 0.636. The van der Waals surface area contributed by atoms with E-state index in [2.05, 4.69) is 15.5 Å². The van der Waals surface area contributed by atoms with Gasteiger partial charge >= 0.3 is 12.0 Å². The molecule has 1 N–H and O–H groups in total. The fourth-order valence-corrected chi connectivity index (χ4v) is 1.21. The van der Waals surface area contributed by atoms with Crippen molar-refractivity contribution in [3.63, 3.8) is 0 Å². The van der Waals surface area contributed by atoms with Crippen LogP contribution in [0.4, 0.5) is 4.79 Å². The van der Waals surface area contributed by atoms with E-state index in [1.807, 2.05) is 0 Å². The van der Waals surface area contributed by atoms with Crippen molar-refractivity contribution in [1.82, 2.24) is 20.3 Å². The van der Waals surface area contributed by atoms with Crippen molar-refractivity contribution in [2.45, 2.75) is 40.2 Å². The molecule has 7 nitrogen and oxygen atoms in total. The average molecular weight is 254 g/mol. The van der Waals surface area contributed by atoms with Gasteiger partial charge in [0.2, 0.25) is 0 Å². The van der Waals surface area contributed by atoms with E-state index in [0.29, 0.717) is 12.2 Å². The third-order valence-corrected chi connectivity index (χ3v) is 1.88. The number of nitrogens with one attached hydrogen (secondary N) is 1. The first-order valence-electron chi connectivity index (χ1n) is 5.70. The molecule has 0 aliphatic rings. The maximum absolute atomic E-state index is 11.8. The number of carbonyl (C=O) groups is 2. The second-order valence-corrected chi connectivity index (χ2v) is 4.76. The van der Waals surface area contributed by atoms with Crippen LogP contribution in [0.15, 0.2) is 0 Å². The second-order valence-electron chi connectivity index (χ2n) is 4.76. The van der Waals surface area contributed by atoms with Crippen LogP contribution in [-0.4, -0.2) is 39.1 Å². The summed E-state index contributed by atoms with van der Waals surface area (Å²) in [6.45, 7) is 9.11. The summed E-state index contributed by atoms with van der Waals surface area (Å²) < 4.78 is 5.17. The van der Waals surface area contributed by atoms with Crippen LogP contribution in [0.2, 0.25) is 0 Å². The molecule has 0 aliphatic carbocycles. The summed E-state index contributed by atoms with van der Waals surface area (Å²) in [5.74, 6) is -0.587. The number of esters is 1. The molecule has 0 fully saturated rings. The van der Waals surface area contributed by atoms with Crippen LogP contribution in [0.25, 0.3) is 0 Å². The summed E-state index contributed by atoms with van der Waals surface area (Å²) in [5, 5.41) is 10.2. The van der Waals surface area contributed by atoms with E-state index in [4.69, 9.17) is 4.74 Å². The number of amides is 1. The molecule has 0 unspecified atom stereocenters. The summed E-state index contributed by atoms with van der Waals surface area (Å²) in [6.07, 6.45) is 0. The van der Waals surface area contributed by atoms with E-state index in [0.717, 1.165) is 4.80 Å². The number of aryl methyl sites for hydroxylation is 1. The molecule has 0 bridgehead atoms. The molecule has 1 amide bonds. The molecule has 1 heterocycles. The lowest BCUT2D eigenvalue weighted by molar-refractivity contribution is 0.00617. The van der Waals surface area contributed by atoms with Gasteiger partial charge in [-0.05, 0) is 34.6 Å². The van der Waals surface area contributed by atoms with Crippen LogP contribution in [0, 0.1) is 6.92 Å². The molecule has 0 aromatic carbocycles. The van der Waals surface area contributed by atoms with E-state index >= 15 is 0 Å². The van der Waals surface area contributed by atoms with Crippen molar-refractivity contribution in [2.24, 2.45) is 0 Å². The van der Waals surface area contributed by atoms with E-state index in [1.165, 1.54) is 0 Å². The van der Waals surface area contributed by atoms with Gasteiger partial charge in [-0.15, -0.1) is 10.2 Å². The van der Waals surface area contributed by atoms with E-state index in [1.54, 1.807) is 34.6 Å². The lowest BCUT2D eigenvalue weighted by Crippen LogP contribution is -2.30. The summed E-state index contributed by atoms with van der Waals surface area (Å²) >= 11 is 0. The van der Waals surface area contributed by atoms with Crippen LogP contribution in [0.5, 0.6) is 0 Å². The summed E-state index contributed by atoms with van der Waals surface area (Å²) in [4.78, 5) is 24.2. The molecule has 100 valence electrons. The number of nitrogens with zero attached hydrogens (tertiary/aromatic N) is 3. The Morgan fingerprint density at radius 1 is 1.33 bits per heavy atom. The van der Waals surface area contributed by atoms with Crippen molar-refractivity contribution >= 4 is 12.0 Å². The van der Waals surface area contributed by atoms with Gasteiger partial charge in [0.1, 0.15) is 5.60 Å². The van der Waals surface area contributed by atoms with E-state index < -0.39 is 17.6 Å². The Morgan fingerprint density at radius 2 is 1.94 bits per heavy atom. The molecule has 1 aromatic rings. The number of aromatic nitrogens is 3. The molecular weight excluding hydrogens is 236 g/mol. The van der Waals surface area contributed by atoms with E-state index in [-0.39, 0.29) is 5.69 Å². The Bertz CT molecular complexity index is 459. The van der Waals surface area contributed by atoms with Crippen LogP contribution in [0.3, 0.4) is 0 Å². The minimum atomic E-state index is -0.612. The molecule has 1 rings (SSSR count). The predicted octanol–water partition coefficient (Wildman–Crippen LogP) is 1.12. The number of hydrogen-bond donors (Lipinski definition) is 1. The Morgan fingerprint density at radius 3 is 2.44 bits per heavy atom. The third kappa shape index (κ3) is 3.54. The minimum absolute atomic E-state index is 0.0520. The van der Waals surface area contributed by atoms with Gasteiger partial charge in [-0.1, -0.05) is 4.80 Å². The van der Waals surface area contributed by atoms with Crippen molar-refractivity contribution in [2.75, 3.05) is 6.54 Å². The van der Waals surface area contributed by atoms with Crippen molar-refractivity contribution < 1.29 is 14.3 Å². The topological polar surface area (TPSA) is 86.1 Å². The minimum Gasteiger partial charge on any atom is -0.455 e. The van der Waals surface area contributed by atoms with Gasteiger partial charge in [-0.3, -0.25) is 0 Å². The van der Waals surface area contributed by atoms with Crippen LogP contribution in [-0.2, 0) is 4.74 Å². The quantitative estimate of drug-likeness (QED) is 0.799. The zero-order valence-corrected chi connectivity index (χ0v) is 11.3. The molecule has 0 spiro atoms. The van der Waals surface area contributed by atoms with Gasteiger partial charge in [-0.25, -0.2) is 9.59 Å². The first-order chi connectivity index (χ1) is 8.24. The van der Waals surface area contributed by atoms with Gasteiger partial charge in [0.15, 0.2) is 5.69 Å². The highest BCUT2D eigenvalue weighted by molar-refractivity contribution is 5.89. The summed E-state index contributed by atoms with van der Waals surface area (Å²) in [7, 11) is 0. The lowest BCUT2D eigenvalue weighted by atomic mass is 10.2. The molecule has 0 aliphatic heterocycles. The second kappa shape index (κ2) is 5.16. The zero-order chi connectivity index (χ0) is 13.9. The first kappa shape index (κ1) is 14.1. The van der Waals surface area contributed by atoms with Crippen LogP contribution >= 0.6 is 0 Å². The van der Waals surface area contributed by atoms with Gasteiger partial charge in [0.05, 0.1) is 5.69 Å². The molecule has 7 heteroatoms. The Balaban J connectivity index is 2.91. The number of ether oxygens (including phenoxy) is 1. The summed E-state index contributed by atoms with van der Waals surface area (Å²) in [6, 6.07) is -0.476. The fourth-order valence-electron chi connectivity index (χ4n) is 1.21. The van der Waals surface area contributed by atoms with Crippen molar-refractivity contribution in [3.8, 4) is 0 Å². The lowest BCUT2D eigenvalue weighted by Gasteiger charge is -2.18. The van der Waals surface area contributed by atoms with Gasteiger partial charge in [0, 0.05) is 6.54 Å².